The molecule has 0 aliphatic carbocycles. The van der Waals surface area contributed by atoms with Gasteiger partial charge in [-0.25, -0.2) is 9.78 Å². The second-order valence-corrected chi connectivity index (χ2v) is 6.79. The summed E-state index contributed by atoms with van der Waals surface area (Å²) in [5.41, 5.74) is -0.237. The molecule has 0 radical (unpaired) electrons. The van der Waals surface area contributed by atoms with Gasteiger partial charge in [0.1, 0.15) is 16.2 Å². The lowest BCUT2D eigenvalue weighted by Gasteiger charge is -2.33. The van der Waals surface area contributed by atoms with Crippen molar-refractivity contribution in [1.29, 1.82) is 0 Å². The fourth-order valence-corrected chi connectivity index (χ4v) is 3.43. The van der Waals surface area contributed by atoms with E-state index in [1.54, 1.807) is 17.5 Å². The first kappa shape index (κ1) is 16.9. The van der Waals surface area contributed by atoms with Crippen LogP contribution < -0.4 is 5.32 Å². The number of nitrogens with one attached hydrogen (secondary N) is 1. The van der Waals surface area contributed by atoms with E-state index in [4.69, 9.17) is 16.3 Å². The Morgan fingerprint density at radius 3 is 2.54 bits per heavy atom. The summed E-state index contributed by atoms with van der Waals surface area (Å²) >= 11 is 7.18. The minimum atomic E-state index is -1.29. The van der Waals surface area contributed by atoms with E-state index >= 15 is 0 Å². The molecular formula is C16H15ClN2O4S. The number of thiazole rings is 1. The van der Waals surface area contributed by atoms with Crippen molar-refractivity contribution in [3.63, 3.8) is 0 Å². The van der Waals surface area contributed by atoms with Gasteiger partial charge < -0.3 is 15.2 Å². The Hall–Kier alpha value is -1.96. The molecule has 2 aromatic rings. The molecule has 1 saturated heterocycles. The van der Waals surface area contributed by atoms with Crippen LogP contribution in [0.2, 0.25) is 5.02 Å². The number of nitrogens with zero attached hydrogens (tertiary/aromatic N) is 1. The molecule has 2 N–H and O–H groups in total. The molecule has 1 aromatic carbocycles. The van der Waals surface area contributed by atoms with Gasteiger partial charge in [0, 0.05) is 42.0 Å². The maximum Gasteiger partial charge on any atom is 0.329 e. The maximum atomic E-state index is 12.4. The lowest BCUT2D eigenvalue weighted by Crippen LogP contribution is -2.57. The van der Waals surface area contributed by atoms with Crippen LogP contribution in [0.4, 0.5) is 0 Å². The zero-order chi connectivity index (χ0) is 17.2. The van der Waals surface area contributed by atoms with Crippen molar-refractivity contribution in [1.82, 2.24) is 10.3 Å². The number of rotatable bonds is 4. The molecule has 8 heteroatoms. The van der Waals surface area contributed by atoms with E-state index in [1.807, 2.05) is 12.1 Å². The predicted molar refractivity (Wildman–Crippen MR) is 90.4 cm³/mol. The minimum Gasteiger partial charge on any atom is -0.480 e. The average molecular weight is 367 g/mol. The lowest BCUT2D eigenvalue weighted by atomic mass is 9.90. The number of carboxylic acid groups (broad SMARTS) is 1. The quantitative estimate of drug-likeness (QED) is 0.868. The van der Waals surface area contributed by atoms with Gasteiger partial charge in [-0.05, 0) is 12.1 Å². The Morgan fingerprint density at radius 2 is 1.92 bits per heavy atom. The van der Waals surface area contributed by atoms with Crippen LogP contribution in [0.5, 0.6) is 0 Å². The molecule has 1 amide bonds. The van der Waals surface area contributed by atoms with Crippen LogP contribution in [-0.4, -0.2) is 40.7 Å². The lowest BCUT2D eigenvalue weighted by molar-refractivity contribution is -0.148. The summed E-state index contributed by atoms with van der Waals surface area (Å²) in [6.45, 7) is 0.610. The monoisotopic (exact) mass is 366 g/mol. The van der Waals surface area contributed by atoms with Gasteiger partial charge in [0.2, 0.25) is 0 Å². The Bertz CT molecular complexity index is 754. The number of carboxylic acids is 1. The van der Waals surface area contributed by atoms with Crippen LogP contribution >= 0.6 is 22.9 Å². The summed E-state index contributed by atoms with van der Waals surface area (Å²) in [5, 5.41) is 15.0. The van der Waals surface area contributed by atoms with Crippen molar-refractivity contribution >= 4 is 34.8 Å². The third-order valence-electron chi connectivity index (χ3n) is 3.94. The molecule has 2 heterocycles. The van der Waals surface area contributed by atoms with Crippen molar-refractivity contribution in [3.05, 3.63) is 40.4 Å². The Labute approximate surface area is 147 Å². The molecule has 24 heavy (non-hydrogen) atoms. The van der Waals surface area contributed by atoms with Gasteiger partial charge in [0.25, 0.3) is 5.91 Å². The summed E-state index contributed by atoms with van der Waals surface area (Å²) in [6.07, 6.45) is 0.477. The molecule has 0 bridgehead atoms. The van der Waals surface area contributed by atoms with Crippen LogP contribution in [-0.2, 0) is 9.53 Å². The highest BCUT2D eigenvalue weighted by molar-refractivity contribution is 7.13. The minimum absolute atomic E-state index is 0.206. The standard InChI is InChI=1S/C16H15ClN2O4S/c17-11-3-1-10(2-4-11)14-18-12(9-24-14)13(20)19-16(15(21)22)5-7-23-8-6-16/h1-4,9H,5-8H2,(H,19,20)(H,21,22). The summed E-state index contributed by atoms with van der Waals surface area (Å²) in [4.78, 5) is 28.3. The largest absolute Gasteiger partial charge is 0.480 e. The van der Waals surface area contributed by atoms with Gasteiger partial charge in [-0.3, -0.25) is 4.79 Å². The molecule has 0 saturated carbocycles. The first-order chi connectivity index (χ1) is 11.5. The molecule has 0 atom stereocenters. The molecule has 6 nitrogen and oxygen atoms in total. The molecule has 0 spiro atoms. The van der Waals surface area contributed by atoms with Crippen molar-refractivity contribution < 1.29 is 19.4 Å². The summed E-state index contributed by atoms with van der Waals surface area (Å²) in [5.74, 6) is -1.54. The van der Waals surface area contributed by atoms with E-state index in [1.165, 1.54) is 11.3 Å². The number of aromatic nitrogens is 1. The first-order valence-corrected chi connectivity index (χ1v) is 8.61. The van der Waals surface area contributed by atoms with Gasteiger partial charge in [-0.2, -0.15) is 0 Å². The van der Waals surface area contributed by atoms with Crippen molar-refractivity contribution in [2.45, 2.75) is 18.4 Å². The van der Waals surface area contributed by atoms with Crippen molar-refractivity contribution in [2.24, 2.45) is 0 Å². The Morgan fingerprint density at radius 1 is 1.25 bits per heavy atom. The molecule has 0 unspecified atom stereocenters. The zero-order valence-corrected chi connectivity index (χ0v) is 14.2. The SMILES string of the molecule is O=C(NC1(C(=O)O)CCOCC1)c1csc(-c2ccc(Cl)cc2)n1. The molecule has 3 rings (SSSR count). The second kappa shape index (κ2) is 6.88. The third kappa shape index (κ3) is 3.43. The average Bonchev–Trinajstić information content (AvgIpc) is 3.06. The van der Waals surface area contributed by atoms with Crippen LogP contribution in [0.3, 0.4) is 0 Å². The number of halogens is 1. The van der Waals surface area contributed by atoms with E-state index in [0.29, 0.717) is 23.2 Å². The van der Waals surface area contributed by atoms with E-state index in [0.717, 1.165) is 5.56 Å². The predicted octanol–water partition coefficient (Wildman–Crippen LogP) is 2.83. The van der Waals surface area contributed by atoms with Gasteiger partial charge in [-0.15, -0.1) is 11.3 Å². The fraction of sp³-hybridized carbons (Fsp3) is 0.312. The van der Waals surface area contributed by atoms with Gasteiger partial charge in [0.15, 0.2) is 0 Å². The van der Waals surface area contributed by atoms with E-state index in [2.05, 4.69) is 10.3 Å². The van der Waals surface area contributed by atoms with Gasteiger partial charge >= 0.3 is 5.97 Å². The topological polar surface area (TPSA) is 88.5 Å². The molecule has 1 aromatic heterocycles. The maximum absolute atomic E-state index is 12.4. The second-order valence-electron chi connectivity index (χ2n) is 5.50. The fourth-order valence-electron chi connectivity index (χ4n) is 2.50. The van der Waals surface area contributed by atoms with E-state index < -0.39 is 17.4 Å². The Balaban J connectivity index is 1.78. The number of hydrogen-bond donors (Lipinski definition) is 2. The van der Waals surface area contributed by atoms with Crippen molar-refractivity contribution in [2.75, 3.05) is 13.2 Å². The molecular weight excluding hydrogens is 352 g/mol. The number of hydrogen-bond acceptors (Lipinski definition) is 5. The number of amides is 1. The Kier molecular flexibility index (Phi) is 4.84. The third-order valence-corrected chi connectivity index (χ3v) is 5.08. The van der Waals surface area contributed by atoms with Crippen molar-refractivity contribution in [3.8, 4) is 10.6 Å². The number of ether oxygens (including phenoxy) is 1. The summed E-state index contributed by atoms with van der Waals surface area (Å²) < 4.78 is 5.19. The first-order valence-electron chi connectivity index (χ1n) is 7.35. The summed E-state index contributed by atoms with van der Waals surface area (Å²) in [7, 11) is 0. The highest BCUT2D eigenvalue weighted by Gasteiger charge is 2.42. The van der Waals surface area contributed by atoms with Crippen LogP contribution in [0.1, 0.15) is 23.3 Å². The van der Waals surface area contributed by atoms with Gasteiger partial charge in [-0.1, -0.05) is 23.7 Å². The van der Waals surface area contributed by atoms with E-state index in [9.17, 15) is 14.7 Å². The van der Waals surface area contributed by atoms with Crippen LogP contribution in [0.15, 0.2) is 29.6 Å². The van der Waals surface area contributed by atoms with Crippen LogP contribution in [0.25, 0.3) is 10.6 Å². The molecule has 126 valence electrons. The number of aliphatic carboxylic acids is 1. The smallest absolute Gasteiger partial charge is 0.329 e. The highest BCUT2D eigenvalue weighted by atomic mass is 35.5. The molecule has 1 fully saturated rings. The van der Waals surface area contributed by atoms with Gasteiger partial charge in [0.05, 0.1) is 0 Å². The zero-order valence-electron chi connectivity index (χ0n) is 12.6. The normalized spacial score (nSPS) is 16.5. The molecule has 1 aliphatic heterocycles. The highest BCUT2D eigenvalue weighted by Crippen LogP contribution is 2.26. The molecule has 1 aliphatic rings. The van der Waals surface area contributed by atoms with Crippen LogP contribution in [0, 0.1) is 0 Å². The van der Waals surface area contributed by atoms with E-state index in [-0.39, 0.29) is 18.5 Å². The number of carbonyl (C=O) groups excluding carboxylic acids is 1. The number of carbonyl (C=O) groups is 2. The summed E-state index contributed by atoms with van der Waals surface area (Å²) in [6, 6.07) is 7.14. The number of benzene rings is 1.